The van der Waals surface area contributed by atoms with E-state index in [1.807, 2.05) is 0 Å². The average molecular weight is 220 g/mol. The zero-order valence-corrected chi connectivity index (χ0v) is 12.8. The van der Waals surface area contributed by atoms with Gasteiger partial charge in [0.25, 0.3) is 0 Å². The molecule has 92 valence electrons. The molecule has 0 aliphatic carbocycles. The fourth-order valence-electron chi connectivity index (χ4n) is 1.64. The van der Waals surface area contributed by atoms with E-state index < -0.39 is 0 Å². The minimum atomic E-state index is 0.230. The topological polar surface area (TPSA) is 0 Å². The third-order valence-electron chi connectivity index (χ3n) is 3.29. The predicted molar refractivity (Wildman–Crippen MR) is 78.4 cm³/mol. The summed E-state index contributed by atoms with van der Waals surface area (Å²) in [6.45, 7) is 20.5. The van der Waals surface area contributed by atoms with E-state index in [2.05, 4.69) is 68.3 Å². The molecule has 0 nitrogen and oxygen atoms in total. The lowest BCUT2D eigenvalue weighted by Crippen LogP contribution is -2.17. The minimum absolute atomic E-state index is 0.230. The Hall–Kier alpha value is -0.455. The minimum Gasteiger partial charge on any atom is -0.109 e. The molecule has 0 aliphatic heterocycles. The summed E-state index contributed by atoms with van der Waals surface area (Å²) in [7, 11) is 1.14. The maximum atomic E-state index is 2.39. The van der Waals surface area contributed by atoms with Crippen molar-refractivity contribution in [1.82, 2.24) is 0 Å². The van der Waals surface area contributed by atoms with Crippen LogP contribution in [-0.2, 0) is 0 Å². The third kappa shape index (κ3) is 4.59. The Bertz CT molecular complexity index is 292. The summed E-state index contributed by atoms with van der Waals surface area (Å²) >= 11 is 0. The van der Waals surface area contributed by atoms with Crippen LogP contribution in [0.4, 0.5) is 0 Å². The molecule has 16 heavy (non-hydrogen) atoms. The fourth-order valence-corrected chi connectivity index (χ4v) is 1.64. The van der Waals surface area contributed by atoms with Crippen molar-refractivity contribution < 1.29 is 0 Å². The lowest BCUT2D eigenvalue weighted by molar-refractivity contribution is 0.453. The maximum Gasteiger partial charge on any atom is 0.148 e. The van der Waals surface area contributed by atoms with Crippen LogP contribution in [-0.4, -0.2) is 7.28 Å². The highest BCUT2D eigenvalue weighted by Crippen LogP contribution is 2.37. The van der Waals surface area contributed by atoms with Crippen LogP contribution in [0.25, 0.3) is 0 Å². The van der Waals surface area contributed by atoms with Crippen LogP contribution in [0.2, 0.25) is 6.82 Å². The molecule has 0 unspecified atom stereocenters. The van der Waals surface area contributed by atoms with Crippen molar-refractivity contribution >= 4 is 7.28 Å². The van der Waals surface area contributed by atoms with Gasteiger partial charge in [-0.25, -0.2) is 0 Å². The van der Waals surface area contributed by atoms with E-state index in [0.717, 1.165) is 7.28 Å². The van der Waals surface area contributed by atoms with Crippen molar-refractivity contribution in [2.45, 2.75) is 62.2 Å². The van der Waals surface area contributed by atoms with Gasteiger partial charge in [0.2, 0.25) is 0 Å². The van der Waals surface area contributed by atoms with E-state index in [9.17, 15) is 0 Å². The molecule has 0 heterocycles. The Kier molecular flexibility index (Phi) is 5.10. The van der Waals surface area contributed by atoms with Crippen molar-refractivity contribution in [3.63, 3.8) is 0 Å². The van der Waals surface area contributed by atoms with Crippen LogP contribution in [0.15, 0.2) is 22.7 Å². The lowest BCUT2D eigenvalue weighted by Gasteiger charge is -2.30. The maximum absolute atomic E-state index is 2.39. The van der Waals surface area contributed by atoms with Crippen molar-refractivity contribution in [3.8, 4) is 0 Å². The highest BCUT2D eigenvalue weighted by Gasteiger charge is 2.23. The Labute approximate surface area is 103 Å². The summed E-state index contributed by atoms with van der Waals surface area (Å²) in [5, 5.41) is 0. The number of hydrogen-bond acceptors (Lipinski definition) is 0. The van der Waals surface area contributed by atoms with Crippen LogP contribution in [0.3, 0.4) is 0 Å². The zero-order valence-electron chi connectivity index (χ0n) is 12.8. The molecule has 0 atom stereocenters. The summed E-state index contributed by atoms with van der Waals surface area (Å²) in [4.78, 5) is 0. The van der Waals surface area contributed by atoms with Gasteiger partial charge in [0.05, 0.1) is 0 Å². The lowest BCUT2D eigenvalue weighted by atomic mass is 9.69. The Balaban J connectivity index is 5.62. The van der Waals surface area contributed by atoms with Gasteiger partial charge in [0.1, 0.15) is 7.28 Å². The predicted octanol–water partition coefficient (Wildman–Crippen LogP) is 4.78. The molecule has 0 aromatic carbocycles. The molecule has 0 saturated carbocycles. The molecular weight excluding hydrogens is 191 g/mol. The van der Waals surface area contributed by atoms with Crippen LogP contribution in [0.5, 0.6) is 0 Å². The van der Waals surface area contributed by atoms with E-state index in [4.69, 9.17) is 0 Å². The van der Waals surface area contributed by atoms with Gasteiger partial charge in [-0.3, -0.25) is 0 Å². The van der Waals surface area contributed by atoms with Crippen molar-refractivity contribution in [3.05, 3.63) is 22.7 Å². The SMILES string of the molecule is CB/C(C)=C/C(=C(\C)C(C)(C)C)C(C)(C)C. The second-order valence-corrected chi connectivity index (χ2v) is 6.88. The largest absolute Gasteiger partial charge is 0.148 e. The first-order valence-electron chi connectivity index (χ1n) is 6.39. The molecule has 0 bridgehead atoms. The molecule has 1 heteroatoms. The van der Waals surface area contributed by atoms with Crippen LogP contribution in [0, 0.1) is 10.8 Å². The summed E-state index contributed by atoms with van der Waals surface area (Å²) in [5.74, 6) is 0. The third-order valence-corrected chi connectivity index (χ3v) is 3.29. The van der Waals surface area contributed by atoms with E-state index in [0.29, 0.717) is 0 Å². The molecule has 0 aliphatic rings. The molecule has 0 aromatic rings. The molecule has 0 spiro atoms. The number of rotatable bonds is 2. The molecule has 0 rings (SSSR count). The van der Waals surface area contributed by atoms with Crippen molar-refractivity contribution in [2.75, 3.05) is 0 Å². The van der Waals surface area contributed by atoms with Gasteiger partial charge >= 0.3 is 0 Å². The van der Waals surface area contributed by atoms with Gasteiger partial charge in [-0.15, -0.1) is 5.47 Å². The average Bonchev–Trinajstić information content (AvgIpc) is 2.09. The quantitative estimate of drug-likeness (QED) is 0.464. The van der Waals surface area contributed by atoms with Gasteiger partial charge in [0, 0.05) is 0 Å². The molecule has 0 N–H and O–H groups in total. The highest BCUT2D eigenvalue weighted by atomic mass is 14.3. The van der Waals surface area contributed by atoms with E-state index >= 15 is 0 Å². The van der Waals surface area contributed by atoms with Gasteiger partial charge in [0.15, 0.2) is 0 Å². The Morgan fingerprint density at radius 1 is 0.875 bits per heavy atom. The molecule has 0 aromatic heterocycles. The van der Waals surface area contributed by atoms with Crippen molar-refractivity contribution in [2.24, 2.45) is 10.8 Å². The fraction of sp³-hybridized carbons (Fsp3) is 0.733. The normalized spacial score (nSPS) is 15.9. The van der Waals surface area contributed by atoms with E-state index in [1.54, 1.807) is 0 Å². The summed E-state index contributed by atoms with van der Waals surface area (Å²) in [6, 6.07) is 0. The van der Waals surface area contributed by atoms with E-state index in [1.165, 1.54) is 16.6 Å². The van der Waals surface area contributed by atoms with Crippen LogP contribution in [0.1, 0.15) is 55.4 Å². The van der Waals surface area contributed by atoms with E-state index in [-0.39, 0.29) is 10.8 Å². The summed E-state index contributed by atoms with van der Waals surface area (Å²) < 4.78 is 0. The monoisotopic (exact) mass is 220 g/mol. The summed E-state index contributed by atoms with van der Waals surface area (Å²) in [5.41, 5.74) is 4.96. The summed E-state index contributed by atoms with van der Waals surface area (Å²) in [6.07, 6.45) is 2.39. The Morgan fingerprint density at radius 3 is 1.56 bits per heavy atom. The standard InChI is InChI=1S/C15H29B/c1-11(16-9)10-13(15(6,7)8)12(2)14(3,4)5/h10,16H,1-9H3/b11-10+,13-12-. The first kappa shape index (κ1) is 15.5. The first-order chi connectivity index (χ1) is 7.00. The molecule has 0 radical (unpaired) electrons. The molecular formula is C15H29B. The number of allylic oxidation sites excluding steroid dienone is 4. The van der Waals surface area contributed by atoms with Gasteiger partial charge < -0.3 is 0 Å². The number of hydrogen-bond donors (Lipinski definition) is 0. The molecule has 0 saturated heterocycles. The van der Waals surface area contributed by atoms with Crippen LogP contribution >= 0.6 is 0 Å². The van der Waals surface area contributed by atoms with Gasteiger partial charge in [-0.2, -0.15) is 0 Å². The Morgan fingerprint density at radius 2 is 1.31 bits per heavy atom. The molecule has 0 fully saturated rings. The van der Waals surface area contributed by atoms with Gasteiger partial charge in [-0.05, 0) is 23.3 Å². The van der Waals surface area contributed by atoms with Crippen molar-refractivity contribution in [1.29, 1.82) is 0 Å². The van der Waals surface area contributed by atoms with Gasteiger partial charge in [-0.1, -0.05) is 66.9 Å². The zero-order chi connectivity index (χ0) is 13.1. The first-order valence-corrected chi connectivity index (χ1v) is 6.39. The molecule has 0 amide bonds. The second-order valence-electron chi connectivity index (χ2n) is 6.88. The second kappa shape index (κ2) is 5.25. The highest BCUT2D eigenvalue weighted by molar-refractivity contribution is 6.43. The van der Waals surface area contributed by atoms with Crippen LogP contribution < -0.4 is 0 Å². The smallest absolute Gasteiger partial charge is 0.109 e.